The summed E-state index contributed by atoms with van der Waals surface area (Å²) in [5.41, 5.74) is 1.40. The van der Waals surface area contributed by atoms with E-state index in [4.69, 9.17) is 11.6 Å². The third-order valence-electron chi connectivity index (χ3n) is 5.40. The van der Waals surface area contributed by atoms with E-state index in [9.17, 15) is 14.4 Å². The first-order valence-corrected chi connectivity index (χ1v) is 9.33. The third kappa shape index (κ3) is 2.62. The van der Waals surface area contributed by atoms with Crippen LogP contribution in [0.5, 0.6) is 0 Å². The van der Waals surface area contributed by atoms with Gasteiger partial charge in [-0.2, -0.15) is 0 Å². The number of rotatable bonds is 3. The number of allylic oxidation sites excluding steroid dienone is 2. The second-order valence-electron chi connectivity index (χ2n) is 6.89. The Bertz CT molecular complexity index is 808. The average Bonchev–Trinajstić information content (AvgIpc) is 3.22. The van der Waals surface area contributed by atoms with E-state index in [1.165, 1.54) is 0 Å². The fourth-order valence-corrected chi connectivity index (χ4v) is 4.86. The molecule has 3 aliphatic rings. The van der Waals surface area contributed by atoms with Crippen molar-refractivity contribution in [3.63, 3.8) is 0 Å². The maximum Gasteiger partial charge on any atom is 0.244 e. The number of likely N-dealkylation sites (tertiary alicyclic amines) is 1. The smallest absolute Gasteiger partial charge is 0.244 e. The molecule has 1 aliphatic heterocycles. The molecule has 5 nitrogen and oxygen atoms in total. The zero-order chi connectivity index (χ0) is 17.9. The molecule has 3 amide bonds. The number of benzene rings is 1. The number of imide groups is 1. The van der Waals surface area contributed by atoms with Crippen LogP contribution in [0.4, 0.5) is 5.69 Å². The molecule has 0 radical (unpaired) electrons. The predicted octanol–water partition coefficient (Wildman–Crippen LogP) is 3.16. The summed E-state index contributed by atoms with van der Waals surface area (Å²) in [5.74, 6) is -1.10. The van der Waals surface area contributed by atoms with Crippen LogP contribution >= 0.6 is 27.5 Å². The van der Waals surface area contributed by atoms with E-state index >= 15 is 0 Å². The second-order valence-corrected chi connectivity index (χ2v) is 8.15. The van der Waals surface area contributed by atoms with Crippen molar-refractivity contribution in [1.29, 1.82) is 0 Å². The lowest BCUT2D eigenvalue weighted by molar-refractivity contribution is -0.143. The van der Waals surface area contributed by atoms with Gasteiger partial charge >= 0.3 is 0 Å². The molecule has 1 N–H and O–H groups in total. The Morgan fingerprint density at radius 2 is 1.84 bits per heavy atom. The van der Waals surface area contributed by atoms with Gasteiger partial charge in [-0.15, -0.1) is 0 Å². The number of amides is 3. The number of carbonyl (C=O) groups is 3. The fourth-order valence-electron chi connectivity index (χ4n) is 4.23. The highest BCUT2D eigenvalue weighted by Crippen LogP contribution is 2.52. The highest BCUT2D eigenvalue weighted by molar-refractivity contribution is 9.10. The van der Waals surface area contributed by atoms with E-state index in [0.717, 1.165) is 21.4 Å². The number of fused-ring (bicyclic) bond motifs is 5. The topological polar surface area (TPSA) is 66.5 Å². The number of halogens is 2. The van der Waals surface area contributed by atoms with Gasteiger partial charge in [0.2, 0.25) is 17.7 Å². The molecule has 1 saturated heterocycles. The molecular weight excluding hydrogens is 408 g/mol. The van der Waals surface area contributed by atoms with Crippen LogP contribution in [0.1, 0.15) is 12.0 Å². The van der Waals surface area contributed by atoms with Crippen molar-refractivity contribution in [2.45, 2.75) is 13.3 Å². The van der Waals surface area contributed by atoms with E-state index in [1.807, 2.05) is 19.1 Å². The summed E-state index contributed by atoms with van der Waals surface area (Å²) in [5, 5.41) is 3.22. The van der Waals surface area contributed by atoms with Crippen LogP contribution in [-0.2, 0) is 14.4 Å². The van der Waals surface area contributed by atoms with Crippen LogP contribution in [0, 0.1) is 30.6 Å². The quantitative estimate of drug-likeness (QED) is 0.600. The minimum atomic E-state index is -0.400. The number of carbonyl (C=O) groups excluding carboxylic acids is 3. The van der Waals surface area contributed by atoms with Crippen molar-refractivity contribution in [2.24, 2.45) is 23.7 Å². The van der Waals surface area contributed by atoms with Gasteiger partial charge < -0.3 is 5.32 Å². The van der Waals surface area contributed by atoms with Gasteiger partial charge in [-0.25, -0.2) is 0 Å². The zero-order valence-electron chi connectivity index (χ0n) is 13.5. The van der Waals surface area contributed by atoms with Gasteiger partial charge in [-0.3, -0.25) is 19.3 Å². The largest absolute Gasteiger partial charge is 0.324 e. The molecule has 7 heteroatoms. The molecule has 4 rings (SSSR count). The summed E-state index contributed by atoms with van der Waals surface area (Å²) in [6, 6.07) is 3.45. The van der Waals surface area contributed by atoms with E-state index in [2.05, 4.69) is 21.2 Å². The number of hydrogen-bond acceptors (Lipinski definition) is 3. The van der Waals surface area contributed by atoms with Gasteiger partial charge in [-0.05, 0) is 58.8 Å². The minimum absolute atomic E-state index is 0.145. The molecule has 4 unspecified atom stereocenters. The van der Waals surface area contributed by atoms with Crippen molar-refractivity contribution in [3.05, 3.63) is 39.3 Å². The molecule has 2 aliphatic carbocycles. The maximum absolute atomic E-state index is 12.6. The van der Waals surface area contributed by atoms with Crippen LogP contribution in [0.25, 0.3) is 0 Å². The van der Waals surface area contributed by atoms with Crippen molar-refractivity contribution in [3.8, 4) is 0 Å². The summed E-state index contributed by atoms with van der Waals surface area (Å²) in [6.45, 7) is 1.59. The molecule has 1 heterocycles. The molecule has 1 aromatic rings. The molecule has 25 heavy (non-hydrogen) atoms. The Morgan fingerprint density at radius 3 is 2.44 bits per heavy atom. The van der Waals surface area contributed by atoms with Gasteiger partial charge in [0.05, 0.1) is 16.9 Å². The highest BCUT2D eigenvalue weighted by Gasteiger charge is 2.59. The Kier molecular flexibility index (Phi) is 4.00. The molecule has 1 saturated carbocycles. The van der Waals surface area contributed by atoms with E-state index < -0.39 is 5.91 Å². The van der Waals surface area contributed by atoms with Gasteiger partial charge in [0.25, 0.3) is 0 Å². The Balaban J connectivity index is 1.48. The van der Waals surface area contributed by atoms with Gasteiger partial charge in [0.15, 0.2) is 0 Å². The molecule has 0 spiro atoms. The van der Waals surface area contributed by atoms with Crippen molar-refractivity contribution >= 4 is 50.9 Å². The molecule has 2 fully saturated rings. The van der Waals surface area contributed by atoms with Crippen LogP contribution in [0.3, 0.4) is 0 Å². The molecule has 1 aromatic carbocycles. The summed E-state index contributed by atoms with van der Waals surface area (Å²) in [7, 11) is 0. The minimum Gasteiger partial charge on any atom is -0.324 e. The summed E-state index contributed by atoms with van der Waals surface area (Å²) in [4.78, 5) is 38.7. The van der Waals surface area contributed by atoms with Crippen molar-refractivity contribution in [2.75, 3.05) is 11.9 Å². The first-order valence-electron chi connectivity index (χ1n) is 8.16. The van der Waals surface area contributed by atoms with Gasteiger partial charge in [0.1, 0.15) is 6.54 Å². The van der Waals surface area contributed by atoms with Crippen molar-refractivity contribution in [1.82, 2.24) is 4.90 Å². The van der Waals surface area contributed by atoms with Gasteiger partial charge in [-0.1, -0.05) is 23.8 Å². The molecule has 130 valence electrons. The first-order chi connectivity index (χ1) is 11.9. The molecular formula is C18H16BrClN2O3. The number of nitrogens with one attached hydrogen (secondary N) is 1. The third-order valence-corrected chi connectivity index (χ3v) is 6.60. The van der Waals surface area contributed by atoms with Crippen molar-refractivity contribution < 1.29 is 14.4 Å². The van der Waals surface area contributed by atoms with E-state index in [0.29, 0.717) is 10.7 Å². The summed E-state index contributed by atoms with van der Waals surface area (Å²) >= 11 is 9.40. The van der Waals surface area contributed by atoms with E-state index in [-0.39, 0.29) is 42.0 Å². The summed E-state index contributed by atoms with van der Waals surface area (Å²) < 4.78 is 0.741. The Morgan fingerprint density at radius 1 is 1.24 bits per heavy atom. The fraction of sp³-hybridized carbons (Fsp3) is 0.389. The second kappa shape index (κ2) is 5.95. The highest BCUT2D eigenvalue weighted by atomic mass is 79.9. The standard InChI is InChI=1S/C18H16BrClN2O3/c1-8-4-11(19)12(20)6-13(8)21-14(23)7-22-17(24)15-9-2-3-10(5-9)16(15)18(22)25/h2-4,6,9-10,15-16H,5,7H2,1H3,(H,21,23). The first kappa shape index (κ1) is 16.8. The molecule has 2 bridgehead atoms. The monoisotopic (exact) mass is 422 g/mol. The van der Waals surface area contributed by atoms with Crippen LogP contribution < -0.4 is 5.32 Å². The number of hydrogen-bond donors (Lipinski definition) is 1. The van der Waals surface area contributed by atoms with Gasteiger partial charge in [0, 0.05) is 10.2 Å². The summed E-state index contributed by atoms with van der Waals surface area (Å²) in [6.07, 6.45) is 4.95. The average molecular weight is 424 g/mol. The maximum atomic E-state index is 12.6. The lowest BCUT2D eigenvalue weighted by atomic mass is 9.85. The molecule has 0 aromatic heterocycles. The van der Waals surface area contributed by atoms with Crippen LogP contribution in [-0.4, -0.2) is 29.2 Å². The SMILES string of the molecule is Cc1cc(Br)c(Cl)cc1NC(=O)CN1C(=O)C2C3C=CC(C3)C2C1=O. The number of aryl methyl sites for hydroxylation is 1. The number of nitrogens with zero attached hydrogens (tertiary/aromatic N) is 1. The molecule has 4 atom stereocenters. The Labute approximate surface area is 158 Å². The zero-order valence-corrected chi connectivity index (χ0v) is 15.8. The number of anilines is 1. The Hall–Kier alpha value is -1.66. The lowest BCUT2D eigenvalue weighted by Gasteiger charge is -2.17. The van der Waals surface area contributed by atoms with Crippen LogP contribution in [0.2, 0.25) is 5.02 Å². The van der Waals surface area contributed by atoms with Crippen LogP contribution in [0.15, 0.2) is 28.8 Å². The van der Waals surface area contributed by atoms with E-state index in [1.54, 1.807) is 12.1 Å². The predicted molar refractivity (Wildman–Crippen MR) is 97.0 cm³/mol. The lowest BCUT2D eigenvalue weighted by Crippen LogP contribution is -2.39. The normalized spacial score (nSPS) is 29.5.